The Morgan fingerprint density at radius 1 is 1.33 bits per heavy atom. The number of nitrogens with one attached hydrogen (secondary N) is 3. The number of aromatic nitrogens is 3. The second kappa shape index (κ2) is 8.91. The van der Waals surface area contributed by atoms with E-state index >= 15 is 0 Å². The smallest absolute Gasteiger partial charge is 0.252 e. The van der Waals surface area contributed by atoms with Gasteiger partial charge in [-0.3, -0.25) is 9.48 Å². The molecule has 9 heteroatoms. The number of amides is 1. The summed E-state index contributed by atoms with van der Waals surface area (Å²) in [6.45, 7) is 1.68. The Morgan fingerprint density at radius 3 is 2.87 bits per heavy atom. The summed E-state index contributed by atoms with van der Waals surface area (Å²) >= 11 is 0. The number of carbonyl (C=O) groups is 1. The van der Waals surface area contributed by atoms with E-state index in [0.717, 1.165) is 11.3 Å². The molecule has 1 aliphatic heterocycles. The highest BCUT2D eigenvalue weighted by atomic mass is 19.1. The molecule has 0 aliphatic carbocycles. The van der Waals surface area contributed by atoms with Gasteiger partial charge in [-0.1, -0.05) is 12.1 Å². The van der Waals surface area contributed by atoms with Crippen LogP contribution in [-0.4, -0.2) is 46.0 Å². The summed E-state index contributed by atoms with van der Waals surface area (Å²) < 4.78 is 16.1. The van der Waals surface area contributed by atoms with Crippen LogP contribution >= 0.6 is 0 Å². The summed E-state index contributed by atoms with van der Waals surface area (Å²) in [5.74, 6) is -0.0736. The normalized spacial score (nSPS) is 18.7. The standard InChI is InChI=1S/C21H24FN7O/c22-17-12-24-8-6-18(17)28-19-10-20(25-11-16(19)21(23)30)27-15-4-2-14(3-5-15)13-29-9-1-7-26-29/h1-5,7,9-11,17-18,24H,6,8,12-13H2,(H2,23,30)(H2,25,27,28)/t17-,18+/m0/s1. The molecule has 1 aromatic carbocycles. The van der Waals surface area contributed by atoms with Crippen LogP contribution < -0.4 is 21.7 Å². The second-order valence-electron chi connectivity index (χ2n) is 7.26. The summed E-state index contributed by atoms with van der Waals surface area (Å²) in [6.07, 6.45) is 4.63. The molecule has 156 valence electrons. The fourth-order valence-corrected chi connectivity index (χ4v) is 3.44. The van der Waals surface area contributed by atoms with Gasteiger partial charge in [0.15, 0.2) is 0 Å². The molecule has 1 amide bonds. The number of benzene rings is 1. The number of nitrogens with zero attached hydrogens (tertiary/aromatic N) is 3. The lowest BCUT2D eigenvalue weighted by Gasteiger charge is -2.29. The number of rotatable bonds is 7. The second-order valence-corrected chi connectivity index (χ2v) is 7.26. The van der Waals surface area contributed by atoms with Crippen molar-refractivity contribution >= 4 is 23.1 Å². The molecule has 0 radical (unpaired) electrons. The van der Waals surface area contributed by atoms with Crippen LogP contribution in [0.15, 0.2) is 55.0 Å². The van der Waals surface area contributed by atoms with Crippen LogP contribution in [0.1, 0.15) is 22.3 Å². The SMILES string of the molecule is NC(=O)c1cnc(Nc2ccc(Cn3cccn3)cc2)cc1N[C@@H]1CCNC[C@@H]1F. The molecule has 5 N–H and O–H groups in total. The lowest BCUT2D eigenvalue weighted by atomic mass is 10.0. The minimum absolute atomic E-state index is 0.237. The Morgan fingerprint density at radius 2 is 2.17 bits per heavy atom. The van der Waals surface area contributed by atoms with Crippen molar-refractivity contribution in [1.82, 2.24) is 20.1 Å². The molecular weight excluding hydrogens is 385 g/mol. The Hall–Kier alpha value is -3.46. The van der Waals surface area contributed by atoms with Crippen molar-refractivity contribution in [2.24, 2.45) is 5.73 Å². The highest BCUT2D eigenvalue weighted by Crippen LogP contribution is 2.24. The van der Waals surface area contributed by atoms with Crippen LogP contribution in [0.4, 0.5) is 21.6 Å². The van der Waals surface area contributed by atoms with Gasteiger partial charge < -0.3 is 21.7 Å². The number of piperidine rings is 1. The molecule has 0 saturated carbocycles. The number of halogens is 1. The lowest BCUT2D eigenvalue weighted by Crippen LogP contribution is -2.45. The van der Waals surface area contributed by atoms with Gasteiger partial charge in [0.05, 0.1) is 23.8 Å². The van der Waals surface area contributed by atoms with Crippen molar-refractivity contribution < 1.29 is 9.18 Å². The molecule has 2 atom stereocenters. The Bertz CT molecular complexity index is 991. The van der Waals surface area contributed by atoms with E-state index in [-0.39, 0.29) is 18.2 Å². The van der Waals surface area contributed by atoms with Gasteiger partial charge in [-0.15, -0.1) is 0 Å². The molecule has 4 rings (SSSR count). The molecule has 3 heterocycles. The molecule has 8 nitrogen and oxygen atoms in total. The topological polar surface area (TPSA) is 110 Å². The van der Waals surface area contributed by atoms with E-state index in [0.29, 0.717) is 31.0 Å². The summed E-state index contributed by atoms with van der Waals surface area (Å²) in [6, 6.07) is 11.1. The number of hydrogen-bond donors (Lipinski definition) is 4. The summed E-state index contributed by atoms with van der Waals surface area (Å²) in [5.41, 5.74) is 8.15. The molecule has 1 fully saturated rings. The third-order valence-corrected chi connectivity index (χ3v) is 5.05. The zero-order valence-electron chi connectivity index (χ0n) is 16.4. The first-order valence-corrected chi connectivity index (χ1v) is 9.83. The number of hydrogen-bond acceptors (Lipinski definition) is 6. The fraction of sp³-hybridized carbons (Fsp3) is 0.286. The zero-order valence-corrected chi connectivity index (χ0v) is 16.4. The number of primary amides is 1. The number of carbonyl (C=O) groups excluding carboxylic acids is 1. The van der Waals surface area contributed by atoms with Crippen molar-refractivity contribution in [3.8, 4) is 0 Å². The zero-order chi connectivity index (χ0) is 20.9. The van der Waals surface area contributed by atoms with Crippen molar-refractivity contribution in [2.45, 2.75) is 25.2 Å². The predicted octanol–water partition coefficient (Wildman–Crippen LogP) is 2.28. The summed E-state index contributed by atoms with van der Waals surface area (Å²) in [7, 11) is 0. The van der Waals surface area contributed by atoms with E-state index < -0.39 is 12.1 Å². The van der Waals surface area contributed by atoms with Gasteiger partial charge in [0, 0.05) is 36.9 Å². The first-order valence-electron chi connectivity index (χ1n) is 9.83. The van der Waals surface area contributed by atoms with E-state index in [1.807, 2.05) is 41.2 Å². The van der Waals surface area contributed by atoms with Gasteiger partial charge in [-0.05, 0) is 36.7 Å². The maximum absolute atomic E-state index is 14.2. The minimum Gasteiger partial charge on any atom is -0.378 e. The van der Waals surface area contributed by atoms with Crippen LogP contribution in [0, 0.1) is 0 Å². The van der Waals surface area contributed by atoms with E-state index in [1.54, 1.807) is 12.3 Å². The maximum Gasteiger partial charge on any atom is 0.252 e. The van der Waals surface area contributed by atoms with Crippen LogP contribution in [0.2, 0.25) is 0 Å². The van der Waals surface area contributed by atoms with Crippen LogP contribution in [0.3, 0.4) is 0 Å². The van der Waals surface area contributed by atoms with E-state index in [4.69, 9.17) is 5.73 Å². The summed E-state index contributed by atoms with van der Waals surface area (Å²) in [4.78, 5) is 16.1. The fourth-order valence-electron chi connectivity index (χ4n) is 3.44. The van der Waals surface area contributed by atoms with Crippen LogP contribution in [-0.2, 0) is 6.54 Å². The maximum atomic E-state index is 14.2. The van der Waals surface area contributed by atoms with E-state index in [1.165, 1.54) is 6.20 Å². The van der Waals surface area contributed by atoms with E-state index in [2.05, 4.69) is 26.0 Å². The average Bonchev–Trinajstić information content (AvgIpc) is 3.24. The Labute approximate surface area is 173 Å². The third-order valence-electron chi connectivity index (χ3n) is 5.05. The summed E-state index contributed by atoms with van der Waals surface area (Å²) in [5, 5.41) is 13.6. The van der Waals surface area contributed by atoms with Crippen LogP contribution in [0.25, 0.3) is 0 Å². The van der Waals surface area contributed by atoms with Gasteiger partial charge in [0.1, 0.15) is 12.0 Å². The molecular formula is C21H24FN7O. The van der Waals surface area contributed by atoms with Gasteiger partial charge in [-0.2, -0.15) is 5.10 Å². The Kier molecular flexibility index (Phi) is 5.89. The minimum atomic E-state index is -1.05. The molecule has 1 aliphatic rings. The number of anilines is 3. The van der Waals surface area contributed by atoms with Crippen molar-refractivity contribution in [1.29, 1.82) is 0 Å². The third kappa shape index (κ3) is 4.74. The van der Waals surface area contributed by atoms with Gasteiger partial charge in [-0.25, -0.2) is 9.37 Å². The van der Waals surface area contributed by atoms with Crippen molar-refractivity contribution in [2.75, 3.05) is 23.7 Å². The van der Waals surface area contributed by atoms with E-state index in [9.17, 15) is 9.18 Å². The van der Waals surface area contributed by atoms with Gasteiger partial charge >= 0.3 is 0 Å². The Balaban J connectivity index is 1.49. The predicted molar refractivity (Wildman–Crippen MR) is 114 cm³/mol. The van der Waals surface area contributed by atoms with Gasteiger partial charge in [0.25, 0.3) is 5.91 Å². The highest BCUT2D eigenvalue weighted by molar-refractivity contribution is 5.98. The largest absolute Gasteiger partial charge is 0.378 e. The number of nitrogens with two attached hydrogens (primary N) is 1. The quantitative estimate of drug-likeness (QED) is 0.477. The molecule has 0 unspecified atom stereocenters. The molecule has 30 heavy (non-hydrogen) atoms. The average molecular weight is 409 g/mol. The first-order chi connectivity index (χ1) is 14.6. The number of alkyl halides is 1. The molecule has 1 saturated heterocycles. The van der Waals surface area contributed by atoms with Crippen LogP contribution in [0.5, 0.6) is 0 Å². The first kappa shape index (κ1) is 19.8. The number of pyridine rings is 1. The molecule has 2 aromatic heterocycles. The highest BCUT2D eigenvalue weighted by Gasteiger charge is 2.25. The van der Waals surface area contributed by atoms with Crippen molar-refractivity contribution in [3.05, 3.63) is 66.1 Å². The molecule has 3 aromatic rings. The lowest BCUT2D eigenvalue weighted by molar-refractivity contribution is 0.100. The van der Waals surface area contributed by atoms with Gasteiger partial charge in [0.2, 0.25) is 0 Å². The molecule has 0 bridgehead atoms. The molecule has 0 spiro atoms. The van der Waals surface area contributed by atoms with Crippen molar-refractivity contribution in [3.63, 3.8) is 0 Å². The monoisotopic (exact) mass is 409 g/mol.